The quantitative estimate of drug-likeness (QED) is 0.862. The number of carbonyl (C=O) groups excluding carboxylic acids is 1. The van der Waals surface area contributed by atoms with Crippen LogP contribution in [0.2, 0.25) is 0 Å². The summed E-state index contributed by atoms with van der Waals surface area (Å²) in [6.45, 7) is 6.31. The van der Waals surface area contributed by atoms with Crippen molar-refractivity contribution in [2.24, 2.45) is 0 Å². The van der Waals surface area contributed by atoms with Gasteiger partial charge in [0.15, 0.2) is 0 Å². The second kappa shape index (κ2) is 6.58. The number of nitrogens with one attached hydrogen (secondary N) is 1. The van der Waals surface area contributed by atoms with Crippen molar-refractivity contribution in [3.8, 4) is 18.1 Å². The predicted molar refractivity (Wildman–Crippen MR) is 94.0 cm³/mol. The van der Waals surface area contributed by atoms with E-state index in [4.69, 9.17) is 11.2 Å². The van der Waals surface area contributed by atoms with Gasteiger partial charge in [0.2, 0.25) is 0 Å². The van der Waals surface area contributed by atoms with Crippen molar-refractivity contribution in [1.29, 1.82) is 0 Å². The van der Waals surface area contributed by atoms with E-state index in [0.29, 0.717) is 17.0 Å². The number of rotatable bonds is 3. The van der Waals surface area contributed by atoms with Gasteiger partial charge in [0.05, 0.1) is 12.7 Å². The molecule has 1 N–H and O–H groups in total. The predicted octanol–water partition coefficient (Wildman–Crippen LogP) is 4.23. The van der Waals surface area contributed by atoms with Crippen LogP contribution in [0.25, 0.3) is 0 Å². The number of benzene rings is 2. The summed E-state index contributed by atoms with van der Waals surface area (Å²) in [7, 11) is 1.56. The van der Waals surface area contributed by atoms with Crippen molar-refractivity contribution >= 4 is 11.6 Å². The number of carbonyl (C=O) groups is 1. The lowest BCUT2D eigenvalue weighted by molar-refractivity contribution is 0.102. The molecule has 0 bridgehead atoms. The zero-order valence-corrected chi connectivity index (χ0v) is 13.9. The highest BCUT2D eigenvalue weighted by molar-refractivity contribution is 6.06. The molecule has 0 unspecified atom stereocenters. The van der Waals surface area contributed by atoms with Crippen LogP contribution in [0.4, 0.5) is 5.69 Å². The van der Waals surface area contributed by atoms with Gasteiger partial charge in [-0.05, 0) is 41.3 Å². The Kier molecular flexibility index (Phi) is 4.76. The highest BCUT2D eigenvalue weighted by Crippen LogP contribution is 2.28. The number of amides is 1. The molecule has 3 nitrogen and oxygen atoms in total. The minimum Gasteiger partial charge on any atom is -0.496 e. The monoisotopic (exact) mass is 307 g/mol. The fraction of sp³-hybridized carbons (Fsp3) is 0.250. The minimum atomic E-state index is -0.220. The second-order valence-electron chi connectivity index (χ2n) is 6.34. The lowest BCUT2D eigenvalue weighted by Crippen LogP contribution is -2.17. The standard InChI is InChI=1S/C20H21NO2/c1-6-14-8-7-9-16(12-14)21-19(22)17-13-15(20(2,3)4)10-11-18(17)23-5/h1,7-13H,2-5H3,(H,21,22). The van der Waals surface area contributed by atoms with Crippen LogP contribution in [0.3, 0.4) is 0 Å². The topological polar surface area (TPSA) is 38.3 Å². The van der Waals surface area contributed by atoms with Gasteiger partial charge in [0, 0.05) is 11.3 Å². The van der Waals surface area contributed by atoms with Crippen molar-refractivity contribution in [1.82, 2.24) is 0 Å². The Morgan fingerprint density at radius 1 is 1.17 bits per heavy atom. The Bertz CT molecular complexity index is 764. The maximum atomic E-state index is 12.6. The SMILES string of the molecule is C#Cc1cccc(NC(=O)c2cc(C(C)(C)C)ccc2OC)c1. The van der Waals surface area contributed by atoms with Crippen LogP contribution in [-0.4, -0.2) is 13.0 Å². The molecule has 0 radical (unpaired) electrons. The molecule has 0 saturated carbocycles. The first-order valence-electron chi connectivity index (χ1n) is 7.41. The number of methoxy groups -OCH3 is 1. The summed E-state index contributed by atoms with van der Waals surface area (Å²) in [4.78, 5) is 12.6. The third-order valence-electron chi connectivity index (χ3n) is 3.60. The number of terminal acetylenes is 1. The minimum absolute atomic E-state index is 0.0509. The van der Waals surface area contributed by atoms with Crippen molar-refractivity contribution < 1.29 is 9.53 Å². The van der Waals surface area contributed by atoms with Gasteiger partial charge in [0.25, 0.3) is 5.91 Å². The summed E-state index contributed by atoms with van der Waals surface area (Å²) < 4.78 is 5.32. The Morgan fingerprint density at radius 2 is 1.91 bits per heavy atom. The third kappa shape index (κ3) is 3.92. The molecule has 0 aliphatic rings. The van der Waals surface area contributed by atoms with Gasteiger partial charge in [-0.1, -0.05) is 38.8 Å². The van der Waals surface area contributed by atoms with Crippen LogP contribution in [0, 0.1) is 12.3 Å². The largest absolute Gasteiger partial charge is 0.496 e. The Morgan fingerprint density at radius 3 is 2.52 bits per heavy atom. The van der Waals surface area contributed by atoms with E-state index in [1.165, 1.54) is 0 Å². The fourth-order valence-electron chi connectivity index (χ4n) is 2.24. The molecule has 0 aliphatic heterocycles. The molecule has 3 heteroatoms. The molecule has 23 heavy (non-hydrogen) atoms. The molecular weight excluding hydrogens is 286 g/mol. The van der Waals surface area contributed by atoms with E-state index < -0.39 is 0 Å². The fourth-order valence-corrected chi connectivity index (χ4v) is 2.24. The van der Waals surface area contributed by atoms with Gasteiger partial charge < -0.3 is 10.1 Å². The molecule has 2 rings (SSSR count). The van der Waals surface area contributed by atoms with Crippen molar-refractivity contribution in [3.05, 3.63) is 59.2 Å². The third-order valence-corrected chi connectivity index (χ3v) is 3.60. The van der Waals surface area contributed by atoms with E-state index in [-0.39, 0.29) is 11.3 Å². The van der Waals surface area contributed by atoms with Gasteiger partial charge in [-0.15, -0.1) is 6.42 Å². The van der Waals surface area contributed by atoms with E-state index in [0.717, 1.165) is 11.1 Å². The number of hydrogen-bond donors (Lipinski definition) is 1. The smallest absolute Gasteiger partial charge is 0.259 e. The van der Waals surface area contributed by atoms with Crippen LogP contribution in [-0.2, 0) is 5.41 Å². The van der Waals surface area contributed by atoms with Gasteiger partial charge in [-0.3, -0.25) is 4.79 Å². The number of anilines is 1. The lowest BCUT2D eigenvalue weighted by Gasteiger charge is -2.21. The maximum Gasteiger partial charge on any atom is 0.259 e. The van der Waals surface area contributed by atoms with Gasteiger partial charge in [0.1, 0.15) is 5.75 Å². The number of hydrogen-bond acceptors (Lipinski definition) is 2. The highest BCUT2D eigenvalue weighted by atomic mass is 16.5. The summed E-state index contributed by atoms with van der Waals surface area (Å²) >= 11 is 0. The normalized spacial score (nSPS) is 10.7. The van der Waals surface area contributed by atoms with E-state index >= 15 is 0 Å². The maximum absolute atomic E-state index is 12.6. The summed E-state index contributed by atoms with van der Waals surface area (Å²) in [6.07, 6.45) is 5.39. The van der Waals surface area contributed by atoms with E-state index in [1.54, 1.807) is 19.2 Å². The van der Waals surface area contributed by atoms with Crippen LogP contribution in [0.1, 0.15) is 42.3 Å². The van der Waals surface area contributed by atoms with E-state index in [1.807, 2.05) is 30.3 Å². The zero-order chi connectivity index (χ0) is 17.0. The zero-order valence-electron chi connectivity index (χ0n) is 13.9. The Balaban J connectivity index is 2.36. The van der Waals surface area contributed by atoms with Crippen LogP contribution >= 0.6 is 0 Å². The average Bonchev–Trinajstić information content (AvgIpc) is 2.53. The molecule has 2 aromatic carbocycles. The van der Waals surface area contributed by atoms with Gasteiger partial charge >= 0.3 is 0 Å². The first-order valence-corrected chi connectivity index (χ1v) is 7.41. The average molecular weight is 307 g/mol. The van der Waals surface area contributed by atoms with E-state index in [2.05, 4.69) is 32.0 Å². The molecule has 0 saturated heterocycles. The molecule has 0 aromatic heterocycles. The second-order valence-corrected chi connectivity index (χ2v) is 6.34. The molecule has 0 heterocycles. The number of ether oxygens (including phenoxy) is 1. The molecular formula is C20H21NO2. The lowest BCUT2D eigenvalue weighted by atomic mass is 9.86. The summed E-state index contributed by atoms with van der Waals surface area (Å²) in [5, 5.41) is 2.87. The van der Waals surface area contributed by atoms with Gasteiger partial charge in [-0.25, -0.2) is 0 Å². The Labute approximate surface area is 137 Å². The summed E-state index contributed by atoms with van der Waals surface area (Å²) in [5.74, 6) is 2.88. The summed E-state index contributed by atoms with van der Waals surface area (Å²) in [6, 6.07) is 12.9. The van der Waals surface area contributed by atoms with Crippen LogP contribution < -0.4 is 10.1 Å². The highest BCUT2D eigenvalue weighted by Gasteiger charge is 2.19. The van der Waals surface area contributed by atoms with Crippen molar-refractivity contribution in [2.45, 2.75) is 26.2 Å². The molecule has 0 atom stereocenters. The van der Waals surface area contributed by atoms with Crippen LogP contribution in [0.5, 0.6) is 5.75 Å². The first-order chi connectivity index (χ1) is 10.8. The Hall–Kier alpha value is -2.73. The molecule has 0 fully saturated rings. The molecule has 1 amide bonds. The molecule has 0 spiro atoms. The molecule has 0 aliphatic carbocycles. The molecule has 2 aromatic rings. The van der Waals surface area contributed by atoms with Crippen molar-refractivity contribution in [2.75, 3.05) is 12.4 Å². The molecule has 118 valence electrons. The van der Waals surface area contributed by atoms with Gasteiger partial charge in [-0.2, -0.15) is 0 Å². The van der Waals surface area contributed by atoms with E-state index in [9.17, 15) is 4.79 Å². The summed E-state index contributed by atoms with van der Waals surface area (Å²) in [5.41, 5.74) is 2.91. The first kappa shape index (κ1) is 16.6. The van der Waals surface area contributed by atoms with Crippen molar-refractivity contribution in [3.63, 3.8) is 0 Å². The van der Waals surface area contributed by atoms with Crippen LogP contribution in [0.15, 0.2) is 42.5 Å².